The summed E-state index contributed by atoms with van der Waals surface area (Å²) in [7, 11) is -17.2. The fraction of sp³-hybridized carbons (Fsp3) is 0.600. The van der Waals surface area contributed by atoms with Crippen molar-refractivity contribution in [3.63, 3.8) is 0 Å². The van der Waals surface area contributed by atoms with Crippen LogP contribution in [-0.4, -0.2) is 64.3 Å². The van der Waals surface area contributed by atoms with Crippen molar-refractivity contribution in [2.24, 2.45) is 0 Å². The predicted octanol–water partition coefficient (Wildman–Crippen LogP) is -1.48. The van der Waals surface area contributed by atoms with Crippen molar-refractivity contribution in [3.8, 4) is 0 Å². The Morgan fingerprint density at radius 1 is 1.03 bits per heavy atom. The summed E-state index contributed by atoms with van der Waals surface area (Å²) in [6, 6.07) is 0. The number of aliphatic hydroxyl groups is 2. The average molecular weight is 552 g/mol. The summed E-state index contributed by atoms with van der Waals surface area (Å²) in [6.45, 7) is -1.28. The van der Waals surface area contributed by atoms with Crippen molar-refractivity contribution in [2.45, 2.75) is 30.7 Å². The minimum absolute atomic E-state index is 0.00745. The summed E-state index contributed by atoms with van der Waals surface area (Å²) in [4.78, 5) is 59.8. The monoisotopic (exact) mass is 552 g/mol. The number of hydrogen-bond acceptors (Lipinski definition) is 11. The predicted molar refractivity (Wildman–Crippen MR) is 92.1 cm³/mol. The second-order valence-corrected chi connectivity index (χ2v) is 10.6. The fourth-order valence-corrected chi connectivity index (χ4v) is 5.47. The zero-order chi connectivity index (χ0) is 25.6. The molecule has 0 spiro atoms. The summed E-state index contributed by atoms with van der Waals surface area (Å²) in [6.07, 6.45) is -13.4. The minimum atomic E-state index is -5.86. The average Bonchev–Trinajstić information content (AvgIpc) is 2.84. The van der Waals surface area contributed by atoms with Crippen molar-refractivity contribution in [3.05, 3.63) is 32.6 Å². The number of nitrogens with zero attached hydrogens (tertiary/aromatic N) is 1. The van der Waals surface area contributed by atoms with Gasteiger partial charge in [-0.05, 0) is 0 Å². The van der Waals surface area contributed by atoms with Crippen molar-refractivity contribution in [2.75, 3.05) is 6.61 Å². The highest BCUT2D eigenvalue weighted by Gasteiger charge is 2.47. The highest BCUT2D eigenvalue weighted by molar-refractivity contribution is 7.66. The molecule has 1 aromatic heterocycles. The molecule has 17 nitrogen and oxygen atoms in total. The van der Waals surface area contributed by atoms with Gasteiger partial charge >= 0.3 is 35.3 Å². The molecule has 0 bridgehead atoms. The maximum absolute atomic E-state index is 12.9. The lowest BCUT2D eigenvalue weighted by Crippen LogP contribution is -2.40. The number of phosphoric acid groups is 3. The lowest BCUT2D eigenvalue weighted by Gasteiger charge is -2.19. The molecule has 1 aromatic rings. The second kappa shape index (κ2) is 9.43. The Morgan fingerprint density at radius 2 is 1.61 bits per heavy atom. The first-order chi connectivity index (χ1) is 14.7. The first-order valence-corrected chi connectivity index (χ1v) is 12.5. The Labute approximate surface area is 178 Å². The van der Waals surface area contributed by atoms with Crippen LogP contribution in [0.3, 0.4) is 0 Å². The van der Waals surface area contributed by atoms with Gasteiger partial charge in [0.2, 0.25) is 0 Å². The van der Waals surface area contributed by atoms with Gasteiger partial charge in [-0.25, -0.2) is 18.5 Å². The van der Waals surface area contributed by atoms with Gasteiger partial charge in [-0.15, -0.1) is 0 Å². The first-order valence-electron chi connectivity index (χ1n) is 7.95. The van der Waals surface area contributed by atoms with Crippen LogP contribution in [0, 0.1) is 0 Å². The summed E-state index contributed by atoms with van der Waals surface area (Å²) in [5.41, 5.74) is -5.15. The molecule has 0 radical (unpaired) electrons. The largest absolute Gasteiger partial charge is 0.490 e. The first kappa shape index (κ1) is 28.0. The molecule has 2 heterocycles. The Hall–Kier alpha value is -1.24. The number of aromatic amines is 1. The van der Waals surface area contributed by atoms with Gasteiger partial charge in [0.1, 0.15) is 23.9 Å². The van der Waals surface area contributed by atoms with Crippen LogP contribution < -0.4 is 11.2 Å². The maximum Gasteiger partial charge on any atom is 0.490 e. The Balaban J connectivity index is 2.18. The van der Waals surface area contributed by atoms with Gasteiger partial charge in [0.25, 0.3) is 5.56 Å². The smallest absolute Gasteiger partial charge is 0.387 e. The van der Waals surface area contributed by atoms with Crippen molar-refractivity contribution >= 4 is 23.5 Å². The minimum Gasteiger partial charge on any atom is -0.387 e. The quantitative estimate of drug-likeness (QED) is 0.181. The molecular weight excluding hydrogens is 538 g/mol. The number of halogens is 3. The molecule has 6 atom stereocenters. The van der Waals surface area contributed by atoms with Crippen LogP contribution in [0.2, 0.25) is 0 Å². The molecule has 1 aliphatic heterocycles. The van der Waals surface area contributed by atoms with Crippen LogP contribution in [0.25, 0.3) is 0 Å². The number of nitrogens with one attached hydrogen (secondary N) is 1. The van der Waals surface area contributed by atoms with Crippen LogP contribution >= 0.6 is 23.5 Å². The van der Waals surface area contributed by atoms with Crippen LogP contribution in [0.1, 0.15) is 11.8 Å². The molecular formula is C10H14F3N2O15P3. The number of rotatable bonds is 8. The topological polar surface area (TPSA) is 264 Å². The van der Waals surface area contributed by atoms with E-state index in [0.29, 0.717) is 0 Å². The number of hydrogen-bond donors (Lipinski definition) is 7. The third-order valence-corrected chi connectivity index (χ3v) is 7.51. The molecule has 1 aliphatic rings. The number of alkyl halides is 3. The Bertz CT molecular complexity index is 1140. The molecule has 0 aromatic carbocycles. The molecule has 190 valence electrons. The van der Waals surface area contributed by atoms with Crippen LogP contribution in [0.5, 0.6) is 0 Å². The lowest BCUT2D eigenvalue weighted by molar-refractivity contribution is -0.140. The number of aromatic nitrogens is 2. The van der Waals surface area contributed by atoms with E-state index in [4.69, 9.17) is 19.4 Å². The van der Waals surface area contributed by atoms with Gasteiger partial charge in [0.15, 0.2) is 6.23 Å². The highest BCUT2D eigenvalue weighted by atomic mass is 31.3. The fourth-order valence-electron chi connectivity index (χ4n) is 2.44. The molecule has 0 aliphatic carbocycles. The second-order valence-electron chi connectivity index (χ2n) is 6.14. The molecule has 2 rings (SSSR count). The van der Waals surface area contributed by atoms with Gasteiger partial charge < -0.3 is 34.5 Å². The lowest BCUT2D eigenvalue weighted by atomic mass is 10.1. The summed E-state index contributed by atoms with van der Waals surface area (Å²) in [5.74, 6) is 0. The molecule has 0 saturated carbocycles. The van der Waals surface area contributed by atoms with E-state index in [2.05, 4.69) is 13.1 Å². The van der Waals surface area contributed by atoms with Gasteiger partial charge in [0, 0.05) is 6.20 Å². The van der Waals surface area contributed by atoms with Gasteiger partial charge in [-0.3, -0.25) is 18.9 Å². The number of aliphatic hydroxyl groups excluding tert-OH is 2. The summed E-state index contributed by atoms with van der Waals surface area (Å²) >= 11 is 0. The van der Waals surface area contributed by atoms with Crippen molar-refractivity contribution in [1.29, 1.82) is 0 Å². The third-order valence-electron chi connectivity index (χ3n) is 3.70. The molecule has 0 amide bonds. The summed E-state index contributed by atoms with van der Waals surface area (Å²) in [5, 5.41) is 19.9. The van der Waals surface area contributed by atoms with Gasteiger partial charge in [0.05, 0.1) is 6.61 Å². The molecule has 1 saturated heterocycles. The standard InChI is InChI=1S/C10H14F3N2O15P3/c11-10(12,13)3-1-15(9(19)14-7(3)18)8-6(17)5(16)4(28-8)2-27-32(23,24)30-33(25,26)29-31(20,21)22/h1,4-6,8,16-17H,2H2,(H,23,24)(H,25,26)(H,14,18,19)(H2,20,21,22)/t4-,5+,6+,8-/m1/s1. The van der Waals surface area contributed by atoms with E-state index < -0.39 is 77.6 Å². The number of ether oxygens (including phenoxy) is 1. The SMILES string of the molecule is O=c1[nH]c(=O)n([C@@H]2O[C@H](COP(=O)(O)OP(=O)(O)OP(=O)(O)O)[C@H](O)[C@@H]2O)cc1C(F)(F)F. The van der Waals surface area contributed by atoms with Crippen LogP contribution in [-0.2, 0) is 37.8 Å². The van der Waals surface area contributed by atoms with E-state index >= 15 is 0 Å². The van der Waals surface area contributed by atoms with E-state index in [1.54, 1.807) is 0 Å². The van der Waals surface area contributed by atoms with E-state index in [1.807, 2.05) is 0 Å². The number of phosphoric ester groups is 1. The maximum atomic E-state index is 12.9. The molecule has 2 unspecified atom stereocenters. The zero-order valence-corrected chi connectivity index (χ0v) is 18.1. The molecule has 7 N–H and O–H groups in total. The normalized spacial score (nSPS) is 27.8. The molecule has 23 heteroatoms. The Morgan fingerprint density at radius 3 is 2.12 bits per heavy atom. The summed E-state index contributed by atoms with van der Waals surface area (Å²) < 4.78 is 88.3. The molecule has 33 heavy (non-hydrogen) atoms. The van der Waals surface area contributed by atoms with Crippen LogP contribution in [0.4, 0.5) is 13.2 Å². The zero-order valence-electron chi connectivity index (χ0n) is 15.4. The van der Waals surface area contributed by atoms with E-state index in [9.17, 15) is 51.6 Å². The van der Waals surface area contributed by atoms with Crippen molar-refractivity contribution in [1.82, 2.24) is 9.55 Å². The Kier molecular flexibility index (Phi) is 8.00. The van der Waals surface area contributed by atoms with E-state index in [1.165, 1.54) is 4.98 Å². The highest BCUT2D eigenvalue weighted by Crippen LogP contribution is 2.66. The van der Waals surface area contributed by atoms with E-state index in [0.717, 1.165) is 0 Å². The van der Waals surface area contributed by atoms with E-state index in [-0.39, 0.29) is 10.8 Å². The number of H-pyrrole nitrogens is 1. The van der Waals surface area contributed by atoms with Gasteiger partial charge in [-0.2, -0.15) is 21.8 Å². The van der Waals surface area contributed by atoms with Gasteiger partial charge in [-0.1, -0.05) is 0 Å². The van der Waals surface area contributed by atoms with Crippen LogP contribution in [0.15, 0.2) is 15.8 Å². The molecule has 1 fully saturated rings. The van der Waals surface area contributed by atoms with Crippen molar-refractivity contribution < 1.29 is 74.5 Å². The third kappa shape index (κ3) is 7.37.